The molecule has 3 atom stereocenters. The van der Waals surface area contributed by atoms with Gasteiger partial charge in [0, 0.05) is 16.4 Å². The van der Waals surface area contributed by atoms with Crippen LogP contribution in [0.15, 0.2) is 22.8 Å². The van der Waals surface area contributed by atoms with Crippen LogP contribution in [-0.2, 0) is 6.42 Å². The molecule has 3 heteroatoms. The van der Waals surface area contributed by atoms with Gasteiger partial charge >= 0.3 is 0 Å². The first kappa shape index (κ1) is 17.0. The molecule has 0 saturated heterocycles. The summed E-state index contributed by atoms with van der Waals surface area (Å²) in [6.45, 7) is 9.26. The second-order valence-electron chi connectivity index (χ2n) is 7.16. The van der Waals surface area contributed by atoms with Gasteiger partial charge in [0.2, 0.25) is 0 Å². The van der Waals surface area contributed by atoms with Gasteiger partial charge in [0.15, 0.2) is 0 Å². The lowest BCUT2D eigenvalue weighted by atomic mass is 9.72. The fraction of sp³-hybridized carbons (Fsp3) is 0.722. The molecule has 1 N–H and O–H groups in total. The third kappa shape index (κ3) is 5.71. The Morgan fingerprint density at radius 2 is 2.10 bits per heavy atom. The molecule has 1 aliphatic carbocycles. The van der Waals surface area contributed by atoms with Crippen LogP contribution in [-0.4, -0.2) is 18.1 Å². The predicted molar refractivity (Wildman–Crippen MR) is 93.3 cm³/mol. The number of pyridine rings is 1. The van der Waals surface area contributed by atoms with Gasteiger partial charge in [-0.3, -0.25) is 4.98 Å². The molecular weight excluding hydrogens is 324 g/mol. The lowest BCUT2D eigenvalue weighted by molar-refractivity contribution is 0.181. The second-order valence-corrected chi connectivity index (χ2v) is 8.08. The summed E-state index contributed by atoms with van der Waals surface area (Å²) in [6.07, 6.45) is 7.16. The van der Waals surface area contributed by atoms with Crippen LogP contribution in [0, 0.1) is 23.7 Å². The minimum absolute atomic E-state index is 0.735. The zero-order valence-corrected chi connectivity index (χ0v) is 15.2. The van der Waals surface area contributed by atoms with Crippen molar-refractivity contribution >= 4 is 15.9 Å². The van der Waals surface area contributed by atoms with Gasteiger partial charge in [-0.05, 0) is 84.1 Å². The van der Waals surface area contributed by atoms with E-state index in [1.54, 1.807) is 0 Å². The maximum atomic E-state index is 4.57. The predicted octanol–water partition coefficient (Wildman–Crippen LogP) is 4.68. The van der Waals surface area contributed by atoms with E-state index in [1.165, 1.54) is 31.5 Å². The number of nitrogens with zero attached hydrogens (tertiary/aromatic N) is 1. The third-order valence-corrected chi connectivity index (χ3v) is 5.09. The van der Waals surface area contributed by atoms with Crippen molar-refractivity contribution < 1.29 is 0 Å². The van der Waals surface area contributed by atoms with E-state index in [-0.39, 0.29) is 0 Å². The summed E-state index contributed by atoms with van der Waals surface area (Å²) >= 11 is 3.47. The molecule has 21 heavy (non-hydrogen) atoms. The molecule has 1 heterocycles. The minimum atomic E-state index is 0.735. The van der Waals surface area contributed by atoms with Crippen molar-refractivity contribution in [2.24, 2.45) is 23.7 Å². The van der Waals surface area contributed by atoms with Crippen LogP contribution >= 0.6 is 15.9 Å². The molecule has 2 rings (SSSR count). The monoisotopic (exact) mass is 352 g/mol. The summed E-state index contributed by atoms with van der Waals surface area (Å²) in [7, 11) is 0. The summed E-state index contributed by atoms with van der Waals surface area (Å²) in [6, 6.07) is 4.28. The van der Waals surface area contributed by atoms with Crippen molar-refractivity contribution in [3.05, 3.63) is 28.5 Å². The summed E-state index contributed by atoms with van der Waals surface area (Å²) < 4.78 is 1.07. The molecule has 0 spiro atoms. The van der Waals surface area contributed by atoms with E-state index in [9.17, 15) is 0 Å². The Morgan fingerprint density at radius 1 is 1.29 bits per heavy atom. The Kier molecular flexibility index (Phi) is 6.69. The molecule has 1 aromatic heterocycles. The van der Waals surface area contributed by atoms with Crippen molar-refractivity contribution in [2.75, 3.05) is 13.1 Å². The topological polar surface area (TPSA) is 24.9 Å². The molecule has 0 aromatic carbocycles. The molecular formula is C18H29BrN2. The molecule has 1 aliphatic rings. The largest absolute Gasteiger partial charge is 0.316 e. The number of aromatic nitrogens is 1. The molecule has 3 unspecified atom stereocenters. The van der Waals surface area contributed by atoms with Crippen LogP contribution in [0.1, 0.15) is 45.7 Å². The fourth-order valence-corrected chi connectivity index (χ4v) is 3.67. The molecule has 1 aromatic rings. The average Bonchev–Trinajstić information content (AvgIpc) is 2.43. The quantitative estimate of drug-likeness (QED) is 0.803. The first-order valence-electron chi connectivity index (χ1n) is 8.35. The molecule has 0 aliphatic heterocycles. The first-order chi connectivity index (χ1) is 10.0. The van der Waals surface area contributed by atoms with E-state index < -0.39 is 0 Å². The molecule has 0 bridgehead atoms. The molecule has 1 fully saturated rings. The normalized spacial score (nSPS) is 26.2. The molecule has 0 amide bonds. The van der Waals surface area contributed by atoms with Gasteiger partial charge < -0.3 is 5.32 Å². The standard InChI is InChI=1S/C18H29BrN2/c1-13(2)10-20-11-15-5-4-14(3)8-16(15)9-18-7-6-17(19)12-21-18/h6-7,12-16,20H,4-5,8-11H2,1-3H3. The summed E-state index contributed by atoms with van der Waals surface area (Å²) in [5.41, 5.74) is 1.24. The zero-order valence-electron chi connectivity index (χ0n) is 13.6. The van der Waals surface area contributed by atoms with E-state index in [0.717, 1.165) is 41.1 Å². The van der Waals surface area contributed by atoms with E-state index in [2.05, 4.69) is 59.1 Å². The lowest BCUT2D eigenvalue weighted by Gasteiger charge is -2.35. The van der Waals surface area contributed by atoms with E-state index in [4.69, 9.17) is 0 Å². The number of rotatable bonds is 6. The van der Waals surface area contributed by atoms with Crippen molar-refractivity contribution in [1.82, 2.24) is 10.3 Å². The Morgan fingerprint density at radius 3 is 2.76 bits per heavy atom. The second kappa shape index (κ2) is 8.28. The van der Waals surface area contributed by atoms with E-state index in [0.29, 0.717) is 0 Å². The highest BCUT2D eigenvalue weighted by atomic mass is 79.9. The Bertz CT molecular complexity index is 416. The molecule has 0 radical (unpaired) electrons. The molecule has 2 nitrogen and oxygen atoms in total. The maximum Gasteiger partial charge on any atom is 0.0413 e. The van der Waals surface area contributed by atoms with Gasteiger partial charge in [-0.2, -0.15) is 0 Å². The van der Waals surface area contributed by atoms with Crippen molar-refractivity contribution in [1.29, 1.82) is 0 Å². The van der Waals surface area contributed by atoms with Crippen LogP contribution < -0.4 is 5.32 Å². The van der Waals surface area contributed by atoms with Crippen molar-refractivity contribution in [3.63, 3.8) is 0 Å². The third-order valence-electron chi connectivity index (χ3n) is 4.62. The van der Waals surface area contributed by atoms with Crippen LogP contribution in [0.3, 0.4) is 0 Å². The average molecular weight is 353 g/mol. The van der Waals surface area contributed by atoms with Crippen LogP contribution in [0.25, 0.3) is 0 Å². The number of halogens is 1. The maximum absolute atomic E-state index is 4.57. The number of nitrogens with one attached hydrogen (secondary N) is 1. The van der Waals surface area contributed by atoms with Gasteiger partial charge in [-0.25, -0.2) is 0 Å². The van der Waals surface area contributed by atoms with E-state index in [1.807, 2.05) is 6.20 Å². The van der Waals surface area contributed by atoms with Gasteiger partial charge in [0.25, 0.3) is 0 Å². The fourth-order valence-electron chi connectivity index (χ4n) is 3.43. The van der Waals surface area contributed by atoms with E-state index >= 15 is 0 Å². The number of hydrogen-bond acceptors (Lipinski definition) is 2. The first-order valence-corrected chi connectivity index (χ1v) is 9.15. The SMILES string of the molecule is CC(C)CNCC1CCC(C)CC1Cc1ccc(Br)cn1. The Labute approximate surface area is 138 Å². The van der Waals surface area contributed by atoms with Gasteiger partial charge in [-0.15, -0.1) is 0 Å². The summed E-state index contributed by atoms with van der Waals surface area (Å²) in [4.78, 5) is 4.57. The Hall–Kier alpha value is -0.410. The van der Waals surface area contributed by atoms with Gasteiger partial charge in [0.1, 0.15) is 0 Å². The zero-order chi connectivity index (χ0) is 15.2. The summed E-state index contributed by atoms with van der Waals surface area (Å²) in [5, 5.41) is 3.67. The van der Waals surface area contributed by atoms with Crippen LogP contribution in [0.5, 0.6) is 0 Å². The van der Waals surface area contributed by atoms with Gasteiger partial charge in [0.05, 0.1) is 0 Å². The highest BCUT2D eigenvalue weighted by Gasteiger charge is 2.28. The van der Waals surface area contributed by atoms with Crippen molar-refractivity contribution in [2.45, 2.75) is 46.5 Å². The van der Waals surface area contributed by atoms with Crippen molar-refractivity contribution in [3.8, 4) is 0 Å². The van der Waals surface area contributed by atoms with Crippen LogP contribution in [0.4, 0.5) is 0 Å². The number of hydrogen-bond donors (Lipinski definition) is 1. The highest BCUT2D eigenvalue weighted by Crippen LogP contribution is 2.35. The minimum Gasteiger partial charge on any atom is -0.316 e. The Balaban J connectivity index is 1.92. The van der Waals surface area contributed by atoms with Gasteiger partial charge in [-0.1, -0.05) is 27.2 Å². The van der Waals surface area contributed by atoms with Crippen LogP contribution in [0.2, 0.25) is 0 Å². The highest BCUT2D eigenvalue weighted by molar-refractivity contribution is 9.10. The molecule has 1 saturated carbocycles. The lowest BCUT2D eigenvalue weighted by Crippen LogP contribution is -2.35. The summed E-state index contributed by atoms with van der Waals surface area (Å²) in [5.74, 6) is 3.19. The smallest absolute Gasteiger partial charge is 0.0413 e. The molecule has 118 valence electrons.